The van der Waals surface area contributed by atoms with Gasteiger partial charge in [0.15, 0.2) is 0 Å². The molecule has 0 unspecified atom stereocenters. The van der Waals surface area contributed by atoms with E-state index in [0.29, 0.717) is 17.0 Å². The molecule has 2 atom stereocenters. The van der Waals surface area contributed by atoms with E-state index in [1.807, 2.05) is 0 Å². The van der Waals surface area contributed by atoms with E-state index in [1.165, 1.54) is 18.5 Å². The summed E-state index contributed by atoms with van der Waals surface area (Å²) in [5.41, 5.74) is 1.07. The van der Waals surface area contributed by atoms with Crippen LogP contribution in [0.4, 0.5) is 13.2 Å². The van der Waals surface area contributed by atoms with Crippen LogP contribution >= 0.6 is 0 Å². The third-order valence-corrected chi connectivity index (χ3v) is 3.67. The van der Waals surface area contributed by atoms with Gasteiger partial charge in [0.1, 0.15) is 6.04 Å². The van der Waals surface area contributed by atoms with Crippen LogP contribution in [0.15, 0.2) is 30.6 Å². The maximum Gasteiger partial charge on any atom is 0.416 e. The highest BCUT2D eigenvalue weighted by atomic mass is 19.4. The lowest BCUT2D eigenvalue weighted by molar-refractivity contribution is -0.140. The minimum atomic E-state index is -4.40. The van der Waals surface area contributed by atoms with Gasteiger partial charge >= 0.3 is 12.1 Å². The molecule has 2 aromatic rings. The molecule has 2 heterocycles. The number of carboxylic acid groups (broad SMARTS) is 1. The molecule has 1 aliphatic rings. The van der Waals surface area contributed by atoms with Crippen molar-refractivity contribution < 1.29 is 23.1 Å². The lowest BCUT2D eigenvalue weighted by Crippen LogP contribution is -2.45. The quantitative estimate of drug-likeness (QED) is 0.794. The summed E-state index contributed by atoms with van der Waals surface area (Å²) >= 11 is 0. The highest BCUT2D eigenvalue weighted by molar-refractivity contribution is 5.74. The van der Waals surface area contributed by atoms with Gasteiger partial charge in [0.25, 0.3) is 0 Å². The van der Waals surface area contributed by atoms with Crippen LogP contribution in [0.2, 0.25) is 0 Å². The van der Waals surface area contributed by atoms with Gasteiger partial charge in [0.2, 0.25) is 0 Å². The number of benzene rings is 1. The highest BCUT2D eigenvalue weighted by Crippen LogP contribution is 2.32. The number of fused-ring (bicyclic) bond motifs is 1. The van der Waals surface area contributed by atoms with Gasteiger partial charge < -0.3 is 10.1 Å². The van der Waals surface area contributed by atoms with Crippen molar-refractivity contribution in [1.82, 2.24) is 15.3 Å². The number of imidazole rings is 1. The summed E-state index contributed by atoms with van der Waals surface area (Å²) in [5.74, 6) is -1.02. The van der Waals surface area contributed by atoms with Crippen LogP contribution in [-0.4, -0.2) is 27.1 Å². The summed E-state index contributed by atoms with van der Waals surface area (Å²) in [7, 11) is 0. The smallest absolute Gasteiger partial charge is 0.416 e. The fraction of sp³-hybridized carbons (Fsp3) is 0.286. The number of hydrogen-bond acceptors (Lipinski definition) is 3. The van der Waals surface area contributed by atoms with Crippen LogP contribution < -0.4 is 5.32 Å². The van der Waals surface area contributed by atoms with Crippen LogP contribution in [0.3, 0.4) is 0 Å². The molecule has 0 saturated carbocycles. The van der Waals surface area contributed by atoms with Gasteiger partial charge in [0, 0.05) is 12.1 Å². The zero-order chi connectivity index (χ0) is 15.9. The van der Waals surface area contributed by atoms with E-state index in [-0.39, 0.29) is 6.42 Å². The second-order valence-corrected chi connectivity index (χ2v) is 5.08. The van der Waals surface area contributed by atoms with E-state index in [1.54, 1.807) is 0 Å². The summed E-state index contributed by atoms with van der Waals surface area (Å²) in [6, 6.07) is 3.26. The molecule has 0 bridgehead atoms. The van der Waals surface area contributed by atoms with Crippen molar-refractivity contribution >= 4 is 5.97 Å². The van der Waals surface area contributed by atoms with E-state index in [9.17, 15) is 23.1 Å². The second kappa shape index (κ2) is 5.13. The Hall–Kier alpha value is -2.35. The van der Waals surface area contributed by atoms with Crippen LogP contribution in [0, 0.1) is 0 Å². The Morgan fingerprint density at radius 3 is 2.55 bits per heavy atom. The average molecular weight is 311 g/mol. The highest BCUT2D eigenvalue weighted by Gasteiger charge is 2.34. The Kier molecular flexibility index (Phi) is 3.40. The Morgan fingerprint density at radius 2 is 1.95 bits per heavy atom. The number of aliphatic carboxylic acids is 1. The fourth-order valence-electron chi connectivity index (χ4n) is 2.56. The number of nitrogens with one attached hydrogen (secondary N) is 2. The molecule has 1 aliphatic heterocycles. The number of alkyl halides is 3. The van der Waals surface area contributed by atoms with Crippen LogP contribution in [-0.2, 0) is 17.4 Å². The number of H-pyrrole nitrogens is 1. The van der Waals surface area contributed by atoms with Crippen molar-refractivity contribution in [3.8, 4) is 0 Å². The molecule has 0 saturated heterocycles. The van der Waals surface area contributed by atoms with Gasteiger partial charge in [-0.3, -0.25) is 10.1 Å². The van der Waals surface area contributed by atoms with Crippen molar-refractivity contribution in [3.05, 3.63) is 53.1 Å². The summed E-state index contributed by atoms with van der Waals surface area (Å²) in [6.45, 7) is 0. The molecule has 5 nitrogen and oxygen atoms in total. The fourth-order valence-corrected chi connectivity index (χ4v) is 2.56. The Labute approximate surface area is 123 Å². The normalized spacial score (nSPS) is 21.4. The summed E-state index contributed by atoms with van der Waals surface area (Å²) < 4.78 is 37.8. The zero-order valence-electron chi connectivity index (χ0n) is 11.2. The maximum atomic E-state index is 12.6. The molecule has 0 fully saturated rings. The largest absolute Gasteiger partial charge is 0.480 e. The number of hydrogen-bond donors (Lipinski definition) is 3. The number of aromatic nitrogens is 2. The van der Waals surface area contributed by atoms with Crippen molar-refractivity contribution in [1.29, 1.82) is 0 Å². The molecule has 8 heteroatoms. The second-order valence-electron chi connectivity index (χ2n) is 5.08. The molecular weight excluding hydrogens is 299 g/mol. The SMILES string of the molecule is O=C(O)[C@H]1Cc2[nH]cnc2[C@@H](c2ccc(C(F)(F)F)cc2)N1. The number of halogens is 3. The summed E-state index contributed by atoms with van der Waals surface area (Å²) in [6.07, 6.45) is -2.70. The minimum Gasteiger partial charge on any atom is -0.480 e. The summed E-state index contributed by atoms with van der Waals surface area (Å²) in [4.78, 5) is 18.2. The molecular formula is C14H12F3N3O2. The number of carboxylic acids is 1. The number of nitrogens with zero attached hydrogens (tertiary/aromatic N) is 1. The Balaban J connectivity index is 1.95. The first kappa shape index (κ1) is 14.6. The molecule has 22 heavy (non-hydrogen) atoms. The van der Waals surface area contributed by atoms with E-state index < -0.39 is 29.8 Å². The maximum absolute atomic E-state index is 12.6. The van der Waals surface area contributed by atoms with Gasteiger partial charge in [-0.2, -0.15) is 13.2 Å². The third kappa shape index (κ3) is 2.57. The summed E-state index contributed by atoms with van der Waals surface area (Å²) in [5, 5.41) is 12.1. The molecule has 0 radical (unpaired) electrons. The predicted molar refractivity (Wildman–Crippen MR) is 70.1 cm³/mol. The van der Waals surface area contributed by atoms with Crippen LogP contribution in [0.1, 0.15) is 28.6 Å². The molecule has 0 amide bonds. The Bertz CT molecular complexity index is 694. The number of aromatic amines is 1. The molecule has 0 spiro atoms. The van der Waals surface area contributed by atoms with Crippen molar-refractivity contribution in [2.45, 2.75) is 24.7 Å². The first-order chi connectivity index (χ1) is 10.4. The first-order valence-electron chi connectivity index (χ1n) is 6.54. The molecule has 3 N–H and O–H groups in total. The van der Waals surface area contributed by atoms with Crippen molar-refractivity contribution in [2.24, 2.45) is 0 Å². The van der Waals surface area contributed by atoms with Gasteiger partial charge in [0.05, 0.1) is 23.6 Å². The third-order valence-electron chi connectivity index (χ3n) is 3.67. The Morgan fingerprint density at radius 1 is 1.27 bits per heavy atom. The van der Waals surface area contributed by atoms with Gasteiger partial charge in [-0.25, -0.2) is 4.98 Å². The molecule has 116 valence electrons. The standard InChI is InChI=1S/C14H12F3N3O2/c15-14(16,17)8-3-1-7(2-4-8)11-12-9(18-6-19-12)5-10(20-11)13(21)22/h1-4,6,10-11,20H,5H2,(H,18,19)(H,21,22)/t10-,11-/m1/s1. The van der Waals surface area contributed by atoms with E-state index in [2.05, 4.69) is 15.3 Å². The number of carbonyl (C=O) groups is 1. The molecule has 1 aromatic carbocycles. The van der Waals surface area contributed by atoms with Gasteiger partial charge in [-0.15, -0.1) is 0 Å². The monoisotopic (exact) mass is 311 g/mol. The minimum absolute atomic E-state index is 0.252. The van der Waals surface area contributed by atoms with E-state index in [4.69, 9.17) is 0 Å². The van der Waals surface area contributed by atoms with Crippen molar-refractivity contribution in [2.75, 3.05) is 0 Å². The predicted octanol–water partition coefficient (Wildman–Crippen LogP) is 2.12. The van der Waals surface area contributed by atoms with Crippen molar-refractivity contribution in [3.63, 3.8) is 0 Å². The molecule has 1 aromatic heterocycles. The number of rotatable bonds is 2. The van der Waals surface area contributed by atoms with Crippen LogP contribution in [0.5, 0.6) is 0 Å². The van der Waals surface area contributed by atoms with E-state index in [0.717, 1.165) is 12.1 Å². The first-order valence-corrected chi connectivity index (χ1v) is 6.54. The molecule has 0 aliphatic carbocycles. The lowest BCUT2D eigenvalue weighted by Gasteiger charge is -2.28. The van der Waals surface area contributed by atoms with Gasteiger partial charge in [-0.1, -0.05) is 12.1 Å². The van der Waals surface area contributed by atoms with Gasteiger partial charge in [-0.05, 0) is 17.7 Å². The zero-order valence-corrected chi connectivity index (χ0v) is 11.2. The average Bonchev–Trinajstić information content (AvgIpc) is 2.93. The van der Waals surface area contributed by atoms with E-state index >= 15 is 0 Å². The lowest BCUT2D eigenvalue weighted by atomic mass is 9.93. The topological polar surface area (TPSA) is 78.0 Å². The van der Waals surface area contributed by atoms with Crippen LogP contribution in [0.25, 0.3) is 0 Å². The molecule has 3 rings (SSSR count).